The summed E-state index contributed by atoms with van der Waals surface area (Å²) in [7, 11) is 0. The molecule has 1 atom stereocenters. The van der Waals surface area contributed by atoms with Gasteiger partial charge in [0.25, 0.3) is 0 Å². The molecule has 6 nitrogen and oxygen atoms in total. The van der Waals surface area contributed by atoms with E-state index in [4.69, 9.17) is 14.2 Å². The minimum Gasteiger partial charge on any atom is -0.462 e. The second-order valence-corrected chi connectivity index (χ2v) is 15.3. The van der Waals surface area contributed by atoms with Crippen molar-refractivity contribution in [2.45, 2.75) is 219 Å². The fourth-order valence-electron chi connectivity index (χ4n) is 6.21. The molecule has 0 aliphatic carbocycles. The normalized spacial score (nSPS) is 12.7. The number of allylic oxidation sites excluding steroid dienone is 12. The molecule has 0 amide bonds. The second kappa shape index (κ2) is 45.6. The molecule has 0 rings (SSSR count). The summed E-state index contributed by atoms with van der Waals surface area (Å²) >= 11 is 0. The Kier molecular flexibility index (Phi) is 43.0. The Morgan fingerprint density at radius 3 is 1.07 bits per heavy atom. The van der Waals surface area contributed by atoms with Crippen LogP contribution in [-0.4, -0.2) is 37.2 Å². The van der Waals surface area contributed by atoms with Gasteiger partial charge in [-0.3, -0.25) is 14.4 Å². The lowest BCUT2D eigenvalue weighted by Gasteiger charge is -2.18. The number of hydrogen-bond acceptors (Lipinski definition) is 6. The summed E-state index contributed by atoms with van der Waals surface area (Å²) in [5.41, 5.74) is 0. The molecule has 57 heavy (non-hydrogen) atoms. The summed E-state index contributed by atoms with van der Waals surface area (Å²) in [5, 5.41) is 0. The topological polar surface area (TPSA) is 78.9 Å². The highest BCUT2D eigenvalue weighted by atomic mass is 16.6. The minimum atomic E-state index is -0.786. The summed E-state index contributed by atoms with van der Waals surface area (Å²) in [6, 6.07) is 0. The maximum atomic E-state index is 12.7. The molecule has 0 bridgehead atoms. The van der Waals surface area contributed by atoms with Crippen LogP contribution >= 0.6 is 0 Å². The fourth-order valence-corrected chi connectivity index (χ4v) is 6.21. The van der Waals surface area contributed by atoms with Crippen LogP contribution in [0.25, 0.3) is 0 Å². The Balaban J connectivity index is 4.36. The quantitative estimate of drug-likeness (QED) is 0.0265. The lowest BCUT2D eigenvalue weighted by Crippen LogP contribution is -2.30. The lowest BCUT2D eigenvalue weighted by atomic mass is 10.1. The zero-order valence-corrected chi connectivity index (χ0v) is 37.1. The van der Waals surface area contributed by atoms with Crippen LogP contribution in [0.5, 0.6) is 0 Å². The average Bonchev–Trinajstić information content (AvgIpc) is 3.21. The van der Waals surface area contributed by atoms with Crippen molar-refractivity contribution in [2.24, 2.45) is 0 Å². The van der Waals surface area contributed by atoms with Gasteiger partial charge >= 0.3 is 17.9 Å². The molecule has 0 aliphatic rings. The minimum absolute atomic E-state index is 0.0876. The maximum absolute atomic E-state index is 12.7. The molecule has 0 radical (unpaired) electrons. The van der Waals surface area contributed by atoms with E-state index < -0.39 is 6.10 Å². The van der Waals surface area contributed by atoms with E-state index >= 15 is 0 Å². The zero-order chi connectivity index (χ0) is 41.5. The molecule has 0 saturated heterocycles. The maximum Gasteiger partial charge on any atom is 0.306 e. The van der Waals surface area contributed by atoms with Crippen molar-refractivity contribution in [3.05, 3.63) is 72.9 Å². The van der Waals surface area contributed by atoms with E-state index in [1.165, 1.54) is 77.0 Å². The van der Waals surface area contributed by atoms with E-state index in [1.807, 2.05) is 0 Å². The standard InChI is InChI=1S/C51H86O6/c1-4-7-10-13-16-19-20-21-22-23-24-25-26-27-28-29-30-33-35-38-41-44-50(53)56-47-48(57-51(54)45-42-39-36-32-18-15-12-9-6-3)46-55-49(52)43-40-37-34-31-17-14-11-8-5-2/h7,10,16,19,21-22,24-25,27-28,30,33,48H,4-6,8-9,11-15,17-18,20,23,26,29,31-32,34-47H2,1-3H3/b10-7-,19-16-,22-21-,25-24-,28-27-,33-30-. The first kappa shape index (κ1) is 53.9. The molecular formula is C51H86O6. The van der Waals surface area contributed by atoms with Crippen molar-refractivity contribution < 1.29 is 28.6 Å². The van der Waals surface area contributed by atoms with Crippen LogP contribution in [0.3, 0.4) is 0 Å². The number of carbonyl (C=O) groups excluding carboxylic acids is 3. The molecule has 1 unspecified atom stereocenters. The lowest BCUT2D eigenvalue weighted by molar-refractivity contribution is -0.167. The number of ether oxygens (including phenoxy) is 3. The Bertz CT molecular complexity index is 1100. The molecule has 0 spiro atoms. The molecule has 0 aromatic rings. The van der Waals surface area contributed by atoms with Gasteiger partial charge in [0.15, 0.2) is 6.10 Å². The third-order valence-corrected chi connectivity index (χ3v) is 9.73. The number of carbonyl (C=O) groups is 3. The Morgan fingerprint density at radius 2 is 0.684 bits per heavy atom. The van der Waals surface area contributed by atoms with Gasteiger partial charge in [-0.15, -0.1) is 0 Å². The first-order chi connectivity index (χ1) is 28.0. The fraction of sp³-hybridized carbons (Fsp3) is 0.706. The molecule has 326 valence electrons. The molecule has 0 aromatic carbocycles. The van der Waals surface area contributed by atoms with Crippen LogP contribution in [0.2, 0.25) is 0 Å². The largest absolute Gasteiger partial charge is 0.462 e. The predicted molar refractivity (Wildman–Crippen MR) is 242 cm³/mol. The van der Waals surface area contributed by atoms with E-state index in [-0.39, 0.29) is 31.1 Å². The number of unbranched alkanes of at least 4 members (excludes halogenated alkanes) is 18. The van der Waals surface area contributed by atoms with E-state index in [0.29, 0.717) is 19.3 Å². The highest BCUT2D eigenvalue weighted by Crippen LogP contribution is 2.13. The summed E-state index contributed by atoms with van der Waals surface area (Å²) < 4.78 is 16.6. The summed E-state index contributed by atoms with van der Waals surface area (Å²) in [6.45, 7) is 6.43. The third-order valence-electron chi connectivity index (χ3n) is 9.73. The van der Waals surface area contributed by atoms with Gasteiger partial charge in [0.2, 0.25) is 0 Å². The van der Waals surface area contributed by atoms with Gasteiger partial charge in [-0.1, -0.05) is 196 Å². The molecular weight excluding hydrogens is 709 g/mol. The Labute approximate surface area is 351 Å². The van der Waals surface area contributed by atoms with Crippen LogP contribution in [0.15, 0.2) is 72.9 Å². The van der Waals surface area contributed by atoms with Gasteiger partial charge in [-0.2, -0.15) is 0 Å². The molecule has 0 saturated carbocycles. The Hall–Kier alpha value is -3.15. The van der Waals surface area contributed by atoms with Crippen LogP contribution in [-0.2, 0) is 28.6 Å². The van der Waals surface area contributed by atoms with E-state index in [9.17, 15) is 14.4 Å². The summed E-state index contributed by atoms with van der Waals surface area (Å²) in [6.07, 6.45) is 56.1. The zero-order valence-electron chi connectivity index (χ0n) is 37.1. The van der Waals surface area contributed by atoms with Crippen molar-refractivity contribution in [3.63, 3.8) is 0 Å². The number of hydrogen-bond donors (Lipinski definition) is 0. The van der Waals surface area contributed by atoms with Crippen molar-refractivity contribution in [2.75, 3.05) is 13.2 Å². The second-order valence-electron chi connectivity index (χ2n) is 15.3. The van der Waals surface area contributed by atoms with E-state index in [2.05, 4.69) is 93.7 Å². The number of rotatable bonds is 41. The van der Waals surface area contributed by atoms with Crippen LogP contribution in [0.1, 0.15) is 213 Å². The molecule has 0 fully saturated rings. The molecule has 0 aliphatic heterocycles. The van der Waals surface area contributed by atoms with Crippen LogP contribution < -0.4 is 0 Å². The predicted octanol–water partition coefficient (Wildman–Crippen LogP) is 15.1. The SMILES string of the molecule is CC/C=C\C/C=C\C/C=C\C/C=C\C/C=C\C/C=C\CCCCC(=O)OCC(COC(=O)CCCCCCCCCCC)OC(=O)CCCCCCCCCCC. The van der Waals surface area contributed by atoms with Crippen molar-refractivity contribution >= 4 is 17.9 Å². The van der Waals surface area contributed by atoms with Gasteiger partial charge in [0, 0.05) is 19.3 Å². The van der Waals surface area contributed by atoms with Crippen molar-refractivity contribution in [3.8, 4) is 0 Å². The van der Waals surface area contributed by atoms with Gasteiger partial charge in [-0.05, 0) is 70.6 Å². The summed E-state index contributed by atoms with van der Waals surface area (Å²) in [5.74, 6) is -0.942. The third kappa shape index (κ3) is 43.8. The highest BCUT2D eigenvalue weighted by molar-refractivity contribution is 5.71. The van der Waals surface area contributed by atoms with Gasteiger partial charge in [-0.25, -0.2) is 0 Å². The van der Waals surface area contributed by atoms with Crippen molar-refractivity contribution in [1.29, 1.82) is 0 Å². The molecule has 0 heterocycles. The van der Waals surface area contributed by atoms with E-state index in [1.54, 1.807) is 0 Å². The van der Waals surface area contributed by atoms with E-state index in [0.717, 1.165) is 96.3 Å². The number of esters is 3. The molecule has 0 N–H and O–H groups in total. The Morgan fingerprint density at radius 1 is 0.368 bits per heavy atom. The van der Waals surface area contributed by atoms with Gasteiger partial charge < -0.3 is 14.2 Å². The summed E-state index contributed by atoms with van der Waals surface area (Å²) in [4.78, 5) is 37.6. The average molecular weight is 795 g/mol. The molecule has 0 aromatic heterocycles. The van der Waals surface area contributed by atoms with Gasteiger partial charge in [0.05, 0.1) is 0 Å². The van der Waals surface area contributed by atoms with Crippen LogP contribution in [0.4, 0.5) is 0 Å². The van der Waals surface area contributed by atoms with Gasteiger partial charge in [0.1, 0.15) is 13.2 Å². The van der Waals surface area contributed by atoms with Crippen LogP contribution in [0, 0.1) is 0 Å². The molecule has 6 heteroatoms. The monoisotopic (exact) mass is 795 g/mol. The smallest absolute Gasteiger partial charge is 0.306 e. The first-order valence-corrected chi connectivity index (χ1v) is 23.4. The highest BCUT2D eigenvalue weighted by Gasteiger charge is 2.19. The van der Waals surface area contributed by atoms with Crippen molar-refractivity contribution in [1.82, 2.24) is 0 Å². The first-order valence-electron chi connectivity index (χ1n) is 23.4.